The zero-order valence-electron chi connectivity index (χ0n) is 18.1. The second-order valence-electron chi connectivity index (χ2n) is 7.86. The van der Waals surface area contributed by atoms with Crippen molar-refractivity contribution in [3.63, 3.8) is 0 Å². The van der Waals surface area contributed by atoms with Crippen LogP contribution in [0.15, 0.2) is 73.1 Å². The summed E-state index contributed by atoms with van der Waals surface area (Å²) in [4.78, 5) is 0. The van der Waals surface area contributed by atoms with Crippen LogP contribution >= 0.6 is 7.29 Å². The molecule has 0 aliphatic heterocycles. The number of aromatic nitrogens is 6. The van der Waals surface area contributed by atoms with Gasteiger partial charge in [0, 0.05) is 12.1 Å². The van der Waals surface area contributed by atoms with Gasteiger partial charge in [-0.15, -0.1) is 10.2 Å². The van der Waals surface area contributed by atoms with Gasteiger partial charge >= 0.3 is 0 Å². The van der Waals surface area contributed by atoms with E-state index in [1.54, 1.807) is 21.8 Å². The lowest BCUT2D eigenvalue weighted by Gasteiger charge is -2.35. The summed E-state index contributed by atoms with van der Waals surface area (Å²) >= 11 is 0. The van der Waals surface area contributed by atoms with Crippen LogP contribution < -0.4 is 10.9 Å². The molecule has 0 aliphatic rings. The standard InChI is InChI=1S/C22H26N7OP/c1-17(2)29(18(3)4)31(30,21-15-27(25-23-21)19-11-7-5-8-12-19)22-16-28(26-24-22)20-13-9-6-10-14-20/h5-18H,1-4H3. The summed E-state index contributed by atoms with van der Waals surface area (Å²) in [5.74, 6) is 0. The van der Waals surface area contributed by atoms with Crippen LogP contribution in [0.3, 0.4) is 0 Å². The van der Waals surface area contributed by atoms with Gasteiger partial charge in [-0.25, -0.2) is 14.0 Å². The van der Waals surface area contributed by atoms with Crippen LogP contribution in [-0.2, 0) is 4.57 Å². The summed E-state index contributed by atoms with van der Waals surface area (Å²) in [5, 5.41) is 17.2. The molecule has 0 aliphatic carbocycles. The van der Waals surface area contributed by atoms with E-state index in [2.05, 4.69) is 20.6 Å². The van der Waals surface area contributed by atoms with E-state index in [-0.39, 0.29) is 12.1 Å². The van der Waals surface area contributed by atoms with Crippen molar-refractivity contribution >= 4 is 18.2 Å². The summed E-state index contributed by atoms with van der Waals surface area (Å²) in [6.07, 6.45) is 3.46. The van der Waals surface area contributed by atoms with E-state index in [0.717, 1.165) is 11.4 Å². The van der Waals surface area contributed by atoms with Crippen LogP contribution in [-0.4, -0.2) is 46.7 Å². The van der Waals surface area contributed by atoms with E-state index < -0.39 is 7.29 Å². The molecule has 0 unspecified atom stereocenters. The Kier molecular flexibility index (Phi) is 5.85. The largest absolute Gasteiger partial charge is 0.293 e. The molecule has 2 heterocycles. The Labute approximate surface area is 181 Å². The fourth-order valence-electron chi connectivity index (χ4n) is 3.80. The highest BCUT2D eigenvalue weighted by Gasteiger charge is 2.43. The highest BCUT2D eigenvalue weighted by atomic mass is 31.2. The molecule has 4 aromatic rings. The molecule has 0 N–H and O–H groups in total. The van der Waals surface area contributed by atoms with Crippen LogP contribution in [0.25, 0.3) is 11.4 Å². The van der Waals surface area contributed by atoms with Crippen LogP contribution in [0.2, 0.25) is 0 Å². The second kappa shape index (κ2) is 8.57. The van der Waals surface area contributed by atoms with Crippen molar-refractivity contribution < 1.29 is 4.57 Å². The number of rotatable bonds is 7. The summed E-state index contributed by atoms with van der Waals surface area (Å²) in [5.41, 5.74) is 2.47. The van der Waals surface area contributed by atoms with E-state index in [1.807, 2.05) is 93.0 Å². The number of hydrogen-bond acceptors (Lipinski definition) is 5. The molecule has 0 bridgehead atoms. The topological polar surface area (TPSA) is 81.7 Å². The molecule has 31 heavy (non-hydrogen) atoms. The minimum Gasteiger partial charge on any atom is -0.293 e. The molecule has 0 spiro atoms. The highest BCUT2D eigenvalue weighted by molar-refractivity contribution is 7.76. The van der Waals surface area contributed by atoms with E-state index in [4.69, 9.17) is 0 Å². The van der Waals surface area contributed by atoms with Crippen LogP contribution in [0.4, 0.5) is 0 Å². The Morgan fingerprint density at radius 1 is 0.710 bits per heavy atom. The number of nitrogens with zero attached hydrogens (tertiary/aromatic N) is 7. The lowest BCUT2D eigenvalue weighted by Crippen LogP contribution is -2.42. The van der Waals surface area contributed by atoms with E-state index in [9.17, 15) is 4.57 Å². The average Bonchev–Trinajstić information content (AvgIpc) is 3.45. The van der Waals surface area contributed by atoms with Gasteiger partial charge in [-0.2, -0.15) is 0 Å². The third-order valence-electron chi connectivity index (χ3n) is 5.01. The minimum atomic E-state index is -3.40. The monoisotopic (exact) mass is 435 g/mol. The molecular formula is C22H26N7OP. The van der Waals surface area contributed by atoms with Crippen LogP contribution in [0.5, 0.6) is 0 Å². The fraction of sp³-hybridized carbons (Fsp3) is 0.273. The second-order valence-corrected chi connectivity index (χ2v) is 10.4. The smallest absolute Gasteiger partial charge is 0.250 e. The average molecular weight is 435 g/mol. The van der Waals surface area contributed by atoms with Crippen molar-refractivity contribution in [3.05, 3.63) is 73.1 Å². The molecule has 0 atom stereocenters. The van der Waals surface area contributed by atoms with Crippen molar-refractivity contribution in [2.45, 2.75) is 39.8 Å². The lowest BCUT2D eigenvalue weighted by atomic mass is 10.3. The van der Waals surface area contributed by atoms with Crippen LogP contribution in [0.1, 0.15) is 27.7 Å². The van der Waals surface area contributed by atoms with Gasteiger partial charge in [-0.3, -0.25) is 4.57 Å². The zero-order chi connectivity index (χ0) is 22.0. The summed E-state index contributed by atoms with van der Waals surface area (Å²) in [6.45, 7) is 8.09. The van der Waals surface area contributed by atoms with E-state index in [1.165, 1.54) is 0 Å². The summed E-state index contributed by atoms with van der Waals surface area (Å²) in [7, 11) is -3.40. The van der Waals surface area contributed by atoms with Crippen LogP contribution in [0, 0.1) is 0 Å². The van der Waals surface area contributed by atoms with Gasteiger partial charge in [-0.1, -0.05) is 46.8 Å². The van der Waals surface area contributed by atoms with Gasteiger partial charge in [0.25, 0.3) is 0 Å². The first kappa shape index (κ1) is 21.2. The number of benzene rings is 2. The summed E-state index contributed by atoms with van der Waals surface area (Å²) < 4.78 is 20.0. The quantitative estimate of drug-likeness (QED) is 0.415. The Bertz CT molecular complexity index is 1100. The van der Waals surface area contributed by atoms with E-state index in [0.29, 0.717) is 10.9 Å². The third-order valence-corrected chi connectivity index (χ3v) is 8.23. The zero-order valence-corrected chi connectivity index (χ0v) is 19.0. The molecule has 0 fully saturated rings. The number of para-hydroxylation sites is 2. The van der Waals surface area contributed by atoms with Crippen molar-refractivity contribution in [1.29, 1.82) is 0 Å². The molecule has 9 heteroatoms. The third kappa shape index (κ3) is 3.96. The predicted molar refractivity (Wildman–Crippen MR) is 122 cm³/mol. The first-order valence-electron chi connectivity index (χ1n) is 10.3. The molecule has 160 valence electrons. The highest BCUT2D eigenvalue weighted by Crippen LogP contribution is 2.49. The molecule has 2 aromatic heterocycles. The molecule has 4 rings (SSSR count). The molecule has 2 aromatic carbocycles. The van der Waals surface area contributed by atoms with Gasteiger partial charge in [0.1, 0.15) is 0 Å². The normalized spacial score (nSPS) is 12.2. The van der Waals surface area contributed by atoms with Crippen molar-refractivity contribution in [2.75, 3.05) is 0 Å². The SMILES string of the molecule is CC(C)N(C(C)C)P(=O)(c1cn(-c2ccccc2)nn1)c1cn(-c2ccccc2)nn1. The Morgan fingerprint density at radius 3 is 1.45 bits per heavy atom. The van der Waals surface area contributed by atoms with Gasteiger partial charge < -0.3 is 0 Å². The summed E-state index contributed by atoms with van der Waals surface area (Å²) in [6, 6.07) is 19.3. The maximum atomic E-state index is 14.8. The first-order chi connectivity index (χ1) is 14.9. The maximum Gasteiger partial charge on any atom is 0.250 e. The first-order valence-corrected chi connectivity index (χ1v) is 11.9. The number of hydrogen-bond donors (Lipinski definition) is 0. The molecule has 0 amide bonds. The molecule has 0 saturated heterocycles. The maximum absolute atomic E-state index is 14.8. The molecule has 0 radical (unpaired) electrons. The molecule has 0 saturated carbocycles. The molecule has 8 nitrogen and oxygen atoms in total. The van der Waals surface area contributed by atoms with Crippen molar-refractivity contribution in [1.82, 2.24) is 34.7 Å². The Morgan fingerprint density at radius 2 is 1.10 bits per heavy atom. The lowest BCUT2D eigenvalue weighted by molar-refractivity contribution is 0.307. The van der Waals surface area contributed by atoms with Crippen molar-refractivity contribution in [3.8, 4) is 11.4 Å². The molecular weight excluding hydrogens is 409 g/mol. The van der Waals surface area contributed by atoms with Gasteiger partial charge in [0.2, 0.25) is 7.29 Å². The Hall–Kier alpha value is -3.09. The van der Waals surface area contributed by atoms with Crippen molar-refractivity contribution in [2.24, 2.45) is 0 Å². The minimum absolute atomic E-state index is 0.00501. The van der Waals surface area contributed by atoms with Gasteiger partial charge in [0.15, 0.2) is 10.9 Å². The van der Waals surface area contributed by atoms with Gasteiger partial charge in [-0.05, 0) is 52.0 Å². The van der Waals surface area contributed by atoms with E-state index >= 15 is 0 Å². The fourth-order valence-corrected chi connectivity index (χ4v) is 6.67. The Balaban J connectivity index is 1.85. The van der Waals surface area contributed by atoms with Gasteiger partial charge in [0.05, 0.1) is 23.8 Å². The predicted octanol–water partition coefficient (Wildman–Crippen LogP) is 3.20.